The first-order valence-corrected chi connectivity index (χ1v) is 5.34. The van der Waals surface area contributed by atoms with Gasteiger partial charge in [0, 0.05) is 24.4 Å². The van der Waals surface area contributed by atoms with Gasteiger partial charge in [-0.1, -0.05) is 0 Å². The van der Waals surface area contributed by atoms with Gasteiger partial charge in [-0.3, -0.25) is 0 Å². The molecule has 0 aromatic carbocycles. The molecular formula is C10H14N4O. The van der Waals surface area contributed by atoms with E-state index in [0.717, 1.165) is 37.2 Å². The summed E-state index contributed by atoms with van der Waals surface area (Å²) >= 11 is 0. The lowest BCUT2D eigenvalue weighted by Crippen LogP contribution is -2.12. The molecule has 80 valence electrons. The van der Waals surface area contributed by atoms with Crippen LogP contribution in [0.1, 0.15) is 23.6 Å². The van der Waals surface area contributed by atoms with Crippen molar-refractivity contribution in [1.29, 1.82) is 0 Å². The highest BCUT2D eigenvalue weighted by molar-refractivity contribution is 5.40. The zero-order chi connectivity index (χ0) is 10.3. The SMILES string of the molecule is Nc1nc2c(c(C3CCNC3)n1)CCO2. The molecular weight excluding hydrogens is 192 g/mol. The summed E-state index contributed by atoms with van der Waals surface area (Å²) in [5.41, 5.74) is 7.94. The molecule has 1 aromatic heterocycles. The van der Waals surface area contributed by atoms with E-state index < -0.39 is 0 Å². The van der Waals surface area contributed by atoms with Gasteiger partial charge in [-0.15, -0.1) is 0 Å². The van der Waals surface area contributed by atoms with Crippen LogP contribution in [0.4, 0.5) is 5.95 Å². The summed E-state index contributed by atoms with van der Waals surface area (Å²) in [5, 5.41) is 3.34. The zero-order valence-electron chi connectivity index (χ0n) is 8.49. The Labute approximate surface area is 88.1 Å². The molecule has 0 radical (unpaired) electrons. The first-order chi connectivity index (χ1) is 7.34. The third-order valence-electron chi connectivity index (χ3n) is 3.06. The molecule has 1 unspecified atom stereocenters. The number of rotatable bonds is 1. The van der Waals surface area contributed by atoms with Crippen molar-refractivity contribution in [2.45, 2.75) is 18.8 Å². The monoisotopic (exact) mass is 206 g/mol. The Bertz CT molecular complexity index is 387. The maximum atomic E-state index is 5.68. The number of hydrogen-bond donors (Lipinski definition) is 2. The van der Waals surface area contributed by atoms with Crippen molar-refractivity contribution in [2.24, 2.45) is 0 Å². The van der Waals surface area contributed by atoms with Gasteiger partial charge in [-0.05, 0) is 13.0 Å². The van der Waals surface area contributed by atoms with Gasteiger partial charge in [0.1, 0.15) is 0 Å². The molecule has 3 heterocycles. The van der Waals surface area contributed by atoms with E-state index in [1.807, 2.05) is 0 Å². The summed E-state index contributed by atoms with van der Waals surface area (Å²) < 4.78 is 5.43. The molecule has 1 fully saturated rings. The number of ether oxygens (including phenoxy) is 1. The Morgan fingerprint density at radius 2 is 2.33 bits per heavy atom. The third-order valence-corrected chi connectivity index (χ3v) is 3.06. The molecule has 5 heteroatoms. The van der Waals surface area contributed by atoms with Gasteiger partial charge < -0.3 is 15.8 Å². The van der Waals surface area contributed by atoms with Crippen molar-refractivity contribution >= 4 is 5.95 Å². The molecule has 3 N–H and O–H groups in total. The van der Waals surface area contributed by atoms with Crippen LogP contribution in [0.15, 0.2) is 0 Å². The highest BCUT2D eigenvalue weighted by Gasteiger charge is 2.27. The normalized spacial score (nSPS) is 23.9. The van der Waals surface area contributed by atoms with Crippen LogP contribution in [-0.2, 0) is 6.42 Å². The van der Waals surface area contributed by atoms with Gasteiger partial charge in [-0.25, -0.2) is 4.98 Å². The number of fused-ring (bicyclic) bond motifs is 1. The number of hydrogen-bond acceptors (Lipinski definition) is 5. The predicted octanol–water partition coefficient (Wildman–Crippen LogP) is 0.0706. The molecule has 0 saturated carbocycles. The third kappa shape index (κ3) is 1.43. The summed E-state index contributed by atoms with van der Waals surface area (Å²) in [6.07, 6.45) is 2.05. The topological polar surface area (TPSA) is 73.1 Å². The van der Waals surface area contributed by atoms with Crippen molar-refractivity contribution in [3.63, 3.8) is 0 Å². The van der Waals surface area contributed by atoms with Crippen LogP contribution in [0.3, 0.4) is 0 Å². The van der Waals surface area contributed by atoms with E-state index in [2.05, 4.69) is 15.3 Å². The Morgan fingerprint density at radius 3 is 3.13 bits per heavy atom. The molecule has 0 bridgehead atoms. The van der Waals surface area contributed by atoms with Crippen LogP contribution in [0.25, 0.3) is 0 Å². The van der Waals surface area contributed by atoms with Crippen LogP contribution >= 0.6 is 0 Å². The van der Waals surface area contributed by atoms with E-state index in [-0.39, 0.29) is 0 Å². The highest BCUT2D eigenvalue weighted by Crippen LogP contribution is 2.32. The van der Waals surface area contributed by atoms with Gasteiger partial charge in [0.05, 0.1) is 12.3 Å². The fraction of sp³-hybridized carbons (Fsp3) is 0.600. The van der Waals surface area contributed by atoms with Gasteiger partial charge >= 0.3 is 0 Å². The smallest absolute Gasteiger partial charge is 0.223 e. The molecule has 1 aromatic rings. The first-order valence-electron chi connectivity index (χ1n) is 5.34. The van der Waals surface area contributed by atoms with Crippen molar-refractivity contribution in [2.75, 3.05) is 25.4 Å². The van der Waals surface area contributed by atoms with Crippen molar-refractivity contribution in [1.82, 2.24) is 15.3 Å². The Kier molecular flexibility index (Phi) is 1.98. The molecule has 1 saturated heterocycles. The summed E-state index contributed by atoms with van der Waals surface area (Å²) in [6, 6.07) is 0. The maximum absolute atomic E-state index is 5.68. The van der Waals surface area contributed by atoms with Gasteiger partial charge in [0.2, 0.25) is 11.8 Å². The quantitative estimate of drug-likeness (QED) is 0.680. The van der Waals surface area contributed by atoms with Gasteiger partial charge in [0.25, 0.3) is 0 Å². The highest BCUT2D eigenvalue weighted by atomic mass is 16.5. The average molecular weight is 206 g/mol. The van der Waals surface area contributed by atoms with Crippen LogP contribution in [0.5, 0.6) is 5.88 Å². The number of nitrogens with one attached hydrogen (secondary N) is 1. The molecule has 1 atom stereocenters. The molecule has 2 aliphatic rings. The second-order valence-corrected chi connectivity index (χ2v) is 4.04. The largest absolute Gasteiger partial charge is 0.477 e. The van der Waals surface area contributed by atoms with Crippen LogP contribution in [-0.4, -0.2) is 29.7 Å². The molecule has 0 amide bonds. The zero-order valence-corrected chi connectivity index (χ0v) is 8.49. The molecule has 15 heavy (non-hydrogen) atoms. The minimum absolute atomic E-state index is 0.331. The molecule has 2 aliphatic heterocycles. The fourth-order valence-corrected chi connectivity index (χ4v) is 2.33. The van der Waals surface area contributed by atoms with Crippen LogP contribution < -0.4 is 15.8 Å². The minimum Gasteiger partial charge on any atom is -0.477 e. The molecule has 0 aliphatic carbocycles. The van der Waals surface area contributed by atoms with Gasteiger partial charge in [0.15, 0.2) is 0 Å². The van der Waals surface area contributed by atoms with Crippen molar-refractivity contribution in [3.8, 4) is 5.88 Å². The summed E-state index contributed by atoms with van der Waals surface area (Å²) in [6.45, 7) is 2.76. The number of aromatic nitrogens is 2. The number of nitrogens with zero attached hydrogens (tertiary/aromatic N) is 2. The van der Waals surface area contributed by atoms with Gasteiger partial charge in [-0.2, -0.15) is 4.98 Å². The maximum Gasteiger partial charge on any atom is 0.223 e. The van der Waals surface area contributed by atoms with Crippen molar-refractivity contribution < 1.29 is 4.74 Å². The van der Waals surface area contributed by atoms with Crippen LogP contribution in [0.2, 0.25) is 0 Å². The standard InChI is InChI=1S/C10H14N4O/c11-10-13-8(6-1-3-12-5-6)7-2-4-15-9(7)14-10/h6,12H,1-5H2,(H2,11,13,14). The lowest BCUT2D eigenvalue weighted by molar-refractivity contribution is 0.345. The second kappa shape index (κ2) is 3.34. The predicted molar refractivity (Wildman–Crippen MR) is 55.9 cm³/mol. The van der Waals surface area contributed by atoms with Crippen LogP contribution in [0, 0.1) is 0 Å². The molecule has 3 rings (SSSR count). The Morgan fingerprint density at radius 1 is 1.40 bits per heavy atom. The Hall–Kier alpha value is -1.36. The van der Waals surface area contributed by atoms with E-state index in [0.29, 0.717) is 24.4 Å². The van der Waals surface area contributed by atoms with E-state index in [1.54, 1.807) is 0 Å². The van der Waals surface area contributed by atoms with E-state index in [4.69, 9.17) is 10.5 Å². The number of nitrogen functional groups attached to an aromatic ring is 1. The molecule has 5 nitrogen and oxygen atoms in total. The van der Waals surface area contributed by atoms with E-state index in [1.165, 1.54) is 0 Å². The lowest BCUT2D eigenvalue weighted by atomic mass is 9.99. The fourth-order valence-electron chi connectivity index (χ4n) is 2.33. The summed E-state index contributed by atoms with van der Waals surface area (Å²) in [4.78, 5) is 8.48. The lowest BCUT2D eigenvalue weighted by Gasteiger charge is -2.11. The first kappa shape index (κ1) is 8.91. The summed E-state index contributed by atoms with van der Waals surface area (Å²) in [5.74, 6) is 1.51. The second-order valence-electron chi connectivity index (χ2n) is 4.04. The van der Waals surface area contributed by atoms with E-state index >= 15 is 0 Å². The minimum atomic E-state index is 0.331. The Balaban J connectivity index is 2.05. The van der Waals surface area contributed by atoms with E-state index in [9.17, 15) is 0 Å². The molecule has 0 spiro atoms. The number of nitrogens with two attached hydrogens (primary N) is 1. The average Bonchev–Trinajstić information content (AvgIpc) is 2.86. The summed E-state index contributed by atoms with van der Waals surface area (Å²) in [7, 11) is 0. The van der Waals surface area contributed by atoms with Crippen molar-refractivity contribution in [3.05, 3.63) is 11.3 Å². The number of anilines is 1.